The van der Waals surface area contributed by atoms with E-state index in [-0.39, 0.29) is 5.56 Å². The fraction of sp³-hybridized carbons (Fsp3) is 0.0769. The van der Waals surface area contributed by atoms with Crippen molar-refractivity contribution in [1.29, 1.82) is 0 Å². The predicted molar refractivity (Wildman–Crippen MR) is 69.4 cm³/mol. The fourth-order valence-corrected chi connectivity index (χ4v) is 1.95. The second-order valence-corrected chi connectivity index (χ2v) is 4.09. The van der Waals surface area contributed by atoms with Crippen LogP contribution >= 0.6 is 0 Å². The summed E-state index contributed by atoms with van der Waals surface area (Å²) < 4.78 is 3.19. The van der Waals surface area contributed by atoms with Crippen molar-refractivity contribution in [3.63, 3.8) is 0 Å². The average Bonchev–Trinajstić information content (AvgIpc) is 2.84. The molecule has 0 aliphatic heterocycles. The van der Waals surface area contributed by atoms with E-state index in [4.69, 9.17) is 5.73 Å². The van der Waals surface area contributed by atoms with E-state index >= 15 is 0 Å². The minimum Gasteiger partial charge on any atom is -0.398 e. The van der Waals surface area contributed by atoms with Gasteiger partial charge in [-0.05, 0) is 17.7 Å². The number of benzene rings is 1. The van der Waals surface area contributed by atoms with Crippen LogP contribution in [0.25, 0.3) is 5.52 Å². The van der Waals surface area contributed by atoms with E-state index < -0.39 is 0 Å². The largest absolute Gasteiger partial charge is 0.398 e. The molecule has 3 rings (SSSR count). The van der Waals surface area contributed by atoms with Crippen molar-refractivity contribution in [2.45, 2.75) is 6.54 Å². The number of para-hydroxylation sites is 1. The van der Waals surface area contributed by atoms with Crippen molar-refractivity contribution in [3.8, 4) is 0 Å². The normalized spacial score (nSPS) is 10.9. The van der Waals surface area contributed by atoms with Crippen LogP contribution in [0.1, 0.15) is 5.56 Å². The maximum Gasteiger partial charge on any atom is 0.276 e. The summed E-state index contributed by atoms with van der Waals surface area (Å²) in [5, 5.41) is 4.02. The fourth-order valence-electron chi connectivity index (χ4n) is 1.95. The summed E-state index contributed by atoms with van der Waals surface area (Å²) in [6, 6.07) is 9.24. The minimum atomic E-state index is -0.0711. The van der Waals surface area contributed by atoms with E-state index in [1.807, 2.05) is 24.3 Å². The second-order valence-electron chi connectivity index (χ2n) is 4.09. The topological polar surface area (TPSA) is 65.3 Å². The molecule has 0 fully saturated rings. The molecule has 0 amide bonds. The molecule has 0 unspecified atom stereocenters. The molecule has 0 saturated heterocycles. The molecule has 5 nitrogen and oxygen atoms in total. The van der Waals surface area contributed by atoms with Gasteiger partial charge in [-0.2, -0.15) is 5.10 Å². The molecule has 2 aromatic heterocycles. The summed E-state index contributed by atoms with van der Waals surface area (Å²) in [6.07, 6.45) is 5.09. The number of fused-ring (bicyclic) bond motifs is 1. The Bertz CT molecular complexity index is 757. The SMILES string of the molecule is Nc1ccccc1Cn1ccn2nccc2c1=O. The third kappa shape index (κ3) is 1.66. The molecule has 2 heterocycles. The van der Waals surface area contributed by atoms with Gasteiger partial charge in [0, 0.05) is 18.1 Å². The lowest BCUT2D eigenvalue weighted by Crippen LogP contribution is -2.22. The van der Waals surface area contributed by atoms with Gasteiger partial charge in [0.1, 0.15) is 5.52 Å². The summed E-state index contributed by atoms with van der Waals surface area (Å²) >= 11 is 0. The minimum absolute atomic E-state index is 0.0711. The number of nitrogens with two attached hydrogens (primary N) is 1. The van der Waals surface area contributed by atoms with Crippen LogP contribution in [0.3, 0.4) is 0 Å². The average molecular weight is 240 g/mol. The van der Waals surface area contributed by atoms with E-state index in [0.29, 0.717) is 17.7 Å². The van der Waals surface area contributed by atoms with E-state index in [1.165, 1.54) is 0 Å². The first-order chi connectivity index (χ1) is 8.75. The molecule has 5 heteroatoms. The number of nitrogens with zero attached hydrogens (tertiary/aromatic N) is 3. The Hall–Kier alpha value is -2.56. The van der Waals surface area contributed by atoms with Crippen LogP contribution in [-0.4, -0.2) is 14.2 Å². The van der Waals surface area contributed by atoms with Gasteiger partial charge in [-0.3, -0.25) is 4.79 Å². The molecule has 0 aliphatic carbocycles. The molecule has 0 saturated carbocycles. The monoisotopic (exact) mass is 240 g/mol. The van der Waals surface area contributed by atoms with Gasteiger partial charge in [-0.1, -0.05) is 18.2 Å². The lowest BCUT2D eigenvalue weighted by molar-refractivity contribution is 0.744. The van der Waals surface area contributed by atoms with Gasteiger partial charge in [0.05, 0.1) is 12.7 Å². The summed E-state index contributed by atoms with van der Waals surface area (Å²) in [5.41, 5.74) is 8.00. The number of hydrogen-bond acceptors (Lipinski definition) is 3. The first-order valence-corrected chi connectivity index (χ1v) is 5.62. The van der Waals surface area contributed by atoms with Crippen LogP contribution in [0.15, 0.2) is 53.7 Å². The zero-order valence-corrected chi connectivity index (χ0v) is 9.65. The summed E-state index contributed by atoms with van der Waals surface area (Å²) in [7, 11) is 0. The van der Waals surface area contributed by atoms with Gasteiger partial charge < -0.3 is 10.3 Å². The molecule has 0 spiro atoms. The van der Waals surface area contributed by atoms with Gasteiger partial charge >= 0.3 is 0 Å². The zero-order chi connectivity index (χ0) is 12.5. The number of nitrogen functional groups attached to an aromatic ring is 1. The highest BCUT2D eigenvalue weighted by Crippen LogP contribution is 2.11. The summed E-state index contributed by atoms with van der Waals surface area (Å²) in [4.78, 5) is 12.2. The second kappa shape index (κ2) is 4.03. The maximum absolute atomic E-state index is 12.2. The molecule has 18 heavy (non-hydrogen) atoms. The van der Waals surface area contributed by atoms with Crippen LogP contribution in [0, 0.1) is 0 Å². The standard InChI is InChI=1S/C13H12N4O/c14-11-4-2-1-3-10(11)9-16-7-8-17-12(13(16)18)5-6-15-17/h1-8H,9,14H2. The molecule has 0 bridgehead atoms. The smallest absolute Gasteiger partial charge is 0.276 e. The van der Waals surface area contributed by atoms with Crippen LogP contribution in [0.4, 0.5) is 5.69 Å². The molecular weight excluding hydrogens is 228 g/mol. The Morgan fingerprint density at radius 2 is 2.00 bits per heavy atom. The summed E-state index contributed by atoms with van der Waals surface area (Å²) in [5.74, 6) is 0. The predicted octanol–water partition coefficient (Wildman–Crippen LogP) is 1.13. The number of rotatable bonds is 2. The lowest BCUT2D eigenvalue weighted by Gasteiger charge is -2.08. The Morgan fingerprint density at radius 1 is 1.17 bits per heavy atom. The van der Waals surface area contributed by atoms with Crippen molar-refractivity contribution >= 4 is 11.2 Å². The number of hydrogen-bond donors (Lipinski definition) is 1. The molecule has 3 aromatic rings. The van der Waals surface area contributed by atoms with E-state index in [0.717, 1.165) is 5.56 Å². The van der Waals surface area contributed by atoms with Gasteiger partial charge in [-0.15, -0.1) is 0 Å². The Morgan fingerprint density at radius 3 is 2.83 bits per heavy atom. The molecule has 1 aromatic carbocycles. The van der Waals surface area contributed by atoms with Crippen molar-refractivity contribution in [2.24, 2.45) is 0 Å². The molecule has 0 aliphatic rings. The van der Waals surface area contributed by atoms with Crippen molar-refractivity contribution < 1.29 is 0 Å². The quantitative estimate of drug-likeness (QED) is 0.683. The molecule has 90 valence electrons. The highest BCUT2D eigenvalue weighted by Gasteiger charge is 2.05. The number of anilines is 1. The zero-order valence-electron chi connectivity index (χ0n) is 9.65. The first-order valence-electron chi connectivity index (χ1n) is 5.62. The van der Waals surface area contributed by atoms with Crippen LogP contribution in [0.2, 0.25) is 0 Å². The molecule has 0 radical (unpaired) electrons. The van der Waals surface area contributed by atoms with Gasteiger partial charge in [-0.25, -0.2) is 4.52 Å². The Labute approximate surface area is 103 Å². The van der Waals surface area contributed by atoms with E-state index in [1.54, 1.807) is 33.7 Å². The van der Waals surface area contributed by atoms with Crippen molar-refractivity contribution in [3.05, 3.63) is 64.8 Å². The third-order valence-corrected chi connectivity index (χ3v) is 2.93. The first kappa shape index (κ1) is 10.6. The van der Waals surface area contributed by atoms with E-state index in [2.05, 4.69) is 5.10 Å². The van der Waals surface area contributed by atoms with Gasteiger partial charge in [0.15, 0.2) is 0 Å². The van der Waals surface area contributed by atoms with E-state index in [9.17, 15) is 4.79 Å². The van der Waals surface area contributed by atoms with Gasteiger partial charge in [0.2, 0.25) is 0 Å². The maximum atomic E-state index is 12.2. The molecular formula is C13H12N4O. The van der Waals surface area contributed by atoms with Crippen molar-refractivity contribution in [2.75, 3.05) is 5.73 Å². The highest BCUT2D eigenvalue weighted by atomic mass is 16.1. The Kier molecular flexibility index (Phi) is 2.37. The Balaban J connectivity index is 2.08. The third-order valence-electron chi connectivity index (χ3n) is 2.93. The van der Waals surface area contributed by atoms with Gasteiger partial charge in [0.25, 0.3) is 5.56 Å². The van der Waals surface area contributed by atoms with Crippen molar-refractivity contribution in [1.82, 2.24) is 14.2 Å². The van der Waals surface area contributed by atoms with Crippen LogP contribution < -0.4 is 11.3 Å². The van der Waals surface area contributed by atoms with Crippen LogP contribution in [-0.2, 0) is 6.54 Å². The highest BCUT2D eigenvalue weighted by molar-refractivity contribution is 5.47. The number of aromatic nitrogens is 3. The molecule has 0 atom stereocenters. The molecule has 2 N–H and O–H groups in total. The summed E-state index contributed by atoms with van der Waals surface area (Å²) in [6.45, 7) is 0.465. The lowest BCUT2D eigenvalue weighted by atomic mass is 10.2. The van der Waals surface area contributed by atoms with Crippen LogP contribution in [0.5, 0.6) is 0 Å².